The maximum Gasteiger partial charge on any atom is 0.433 e. The molecule has 0 atom stereocenters. The fraction of sp³-hybridized carbons (Fsp3) is 0.0909. The Balaban J connectivity index is 2.70. The van der Waals surface area contributed by atoms with Crippen LogP contribution < -0.4 is 5.56 Å². The number of benzene rings is 1. The van der Waals surface area contributed by atoms with Gasteiger partial charge in [0.15, 0.2) is 0 Å². The molecule has 1 heterocycles. The zero-order valence-corrected chi connectivity index (χ0v) is 8.78. The van der Waals surface area contributed by atoms with Crippen molar-refractivity contribution in [1.29, 1.82) is 0 Å². The van der Waals surface area contributed by atoms with Crippen molar-refractivity contribution in [2.45, 2.75) is 6.18 Å². The average Bonchev–Trinajstić information content (AvgIpc) is 2.29. The van der Waals surface area contributed by atoms with Gasteiger partial charge in [0.05, 0.1) is 12.4 Å². The lowest BCUT2D eigenvalue weighted by Crippen LogP contribution is -2.26. The molecule has 0 radical (unpaired) electrons. The largest absolute Gasteiger partial charge is 0.433 e. The maximum atomic E-state index is 12.7. The highest BCUT2D eigenvalue weighted by Crippen LogP contribution is 2.29. The summed E-state index contributed by atoms with van der Waals surface area (Å²) in [7, 11) is 0. The van der Waals surface area contributed by atoms with Gasteiger partial charge in [-0.05, 0) is 24.3 Å². The van der Waals surface area contributed by atoms with Crippen LogP contribution in [0.15, 0.2) is 41.5 Å². The topological polar surface area (TPSA) is 34.9 Å². The zero-order chi connectivity index (χ0) is 13.3. The molecule has 7 heteroatoms. The van der Waals surface area contributed by atoms with Gasteiger partial charge in [0.25, 0.3) is 5.56 Å². The molecule has 0 aliphatic carbocycles. The molecular formula is C11H6F4N2O. The number of aromatic nitrogens is 2. The third-order valence-corrected chi connectivity index (χ3v) is 2.22. The van der Waals surface area contributed by atoms with Crippen LogP contribution in [0.4, 0.5) is 17.6 Å². The second kappa shape index (κ2) is 4.25. The normalized spacial score (nSPS) is 11.6. The highest BCUT2D eigenvalue weighted by atomic mass is 19.4. The van der Waals surface area contributed by atoms with Crippen molar-refractivity contribution in [3.8, 4) is 5.69 Å². The van der Waals surface area contributed by atoms with Crippen molar-refractivity contribution in [1.82, 2.24) is 9.55 Å². The average molecular weight is 258 g/mol. The molecule has 1 aromatic heterocycles. The third kappa shape index (κ3) is 2.24. The predicted molar refractivity (Wildman–Crippen MR) is 54.8 cm³/mol. The molecule has 18 heavy (non-hydrogen) atoms. The molecule has 3 nitrogen and oxygen atoms in total. The highest BCUT2D eigenvalue weighted by Gasteiger charge is 2.35. The van der Waals surface area contributed by atoms with Gasteiger partial charge >= 0.3 is 6.18 Å². The summed E-state index contributed by atoms with van der Waals surface area (Å²) in [6, 6.07) is 4.13. The first-order valence-corrected chi connectivity index (χ1v) is 4.80. The summed E-state index contributed by atoms with van der Waals surface area (Å²) >= 11 is 0. The Hall–Kier alpha value is -2.18. The van der Waals surface area contributed by atoms with Crippen LogP contribution in [0, 0.1) is 5.82 Å². The minimum Gasteiger partial charge on any atom is -0.270 e. The summed E-state index contributed by atoms with van der Waals surface area (Å²) in [5, 5.41) is 0. The number of alkyl halides is 3. The van der Waals surface area contributed by atoms with E-state index in [4.69, 9.17) is 0 Å². The Kier molecular flexibility index (Phi) is 2.90. The second-order valence-electron chi connectivity index (χ2n) is 3.44. The SMILES string of the molecule is O=c1cncc(C(F)(F)F)n1-c1ccc(F)cc1. The van der Waals surface area contributed by atoms with Crippen molar-refractivity contribution >= 4 is 0 Å². The Labute approximate surface area is 98.3 Å². The van der Waals surface area contributed by atoms with E-state index in [2.05, 4.69) is 4.98 Å². The van der Waals surface area contributed by atoms with E-state index in [0.29, 0.717) is 10.8 Å². The van der Waals surface area contributed by atoms with Crippen molar-refractivity contribution < 1.29 is 17.6 Å². The number of nitrogens with zero attached hydrogens (tertiary/aromatic N) is 2. The van der Waals surface area contributed by atoms with Gasteiger partial charge in [0.1, 0.15) is 11.5 Å². The van der Waals surface area contributed by atoms with E-state index in [1.165, 1.54) is 0 Å². The smallest absolute Gasteiger partial charge is 0.270 e. The Morgan fingerprint density at radius 1 is 1.06 bits per heavy atom. The highest BCUT2D eigenvalue weighted by molar-refractivity contribution is 5.34. The Bertz CT molecular complexity index is 616. The fourth-order valence-electron chi connectivity index (χ4n) is 1.46. The molecular weight excluding hydrogens is 252 g/mol. The molecule has 0 saturated carbocycles. The minimum atomic E-state index is -4.72. The lowest BCUT2D eigenvalue weighted by molar-refractivity contribution is -0.143. The van der Waals surface area contributed by atoms with Crippen LogP contribution in [0.2, 0.25) is 0 Å². The molecule has 0 N–H and O–H groups in total. The number of hydrogen-bond acceptors (Lipinski definition) is 2. The van der Waals surface area contributed by atoms with Crippen LogP contribution >= 0.6 is 0 Å². The number of rotatable bonds is 1. The molecule has 2 aromatic rings. The molecule has 1 aromatic carbocycles. The number of hydrogen-bond donors (Lipinski definition) is 0. The van der Waals surface area contributed by atoms with Gasteiger partial charge in [-0.25, -0.2) is 4.39 Å². The van der Waals surface area contributed by atoms with Gasteiger partial charge in [0, 0.05) is 5.69 Å². The molecule has 0 aliphatic rings. The lowest BCUT2D eigenvalue weighted by Gasteiger charge is -2.14. The van der Waals surface area contributed by atoms with Crippen molar-refractivity contribution in [3.05, 3.63) is 58.5 Å². The molecule has 0 aliphatic heterocycles. The quantitative estimate of drug-likeness (QED) is 0.736. The monoisotopic (exact) mass is 258 g/mol. The molecule has 0 spiro atoms. The van der Waals surface area contributed by atoms with Crippen LogP contribution in [0.3, 0.4) is 0 Å². The van der Waals surface area contributed by atoms with Crippen LogP contribution in [0.5, 0.6) is 0 Å². The van der Waals surface area contributed by atoms with Crippen LogP contribution in [0.25, 0.3) is 5.69 Å². The summed E-state index contributed by atoms with van der Waals surface area (Å²) in [5.41, 5.74) is -2.21. The first-order chi connectivity index (χ1) is 8.39. The first-order valence-electron chi connectivity index (χ1n) is 4.80. The van der Waals surface area contributed by atoms with Gasteiger partial charge in [-0.1, -0.05) is 0 Å². The summed E-state index contributed by atoms with van der Waals surface area (Å²) in [6.07, 6.45) is -3.41. The van der Waals surface area contributed by atoms with E-state index < -0.39 is 23.2 Å². The summed E-state index contributed by atoms with van der Waals surface area (Å²) in [5.74, 6) is -0.602. The maximum absolute atomic E-state index is 12.7. The summed E-state index contributed by atoms with van der Waals surface area (Å²) in [6.45, 7) is 0. The Morgan fingerprint density at radius 3 is 2.22 bits per heavy atom. The molecule has 94 valence electrons. The molecule has 0 unspecified atom stereocenters. The third-order valence-electron chi connectivity index (χ3n) is 2.22. The van der Waals surface area contributed by atoms with Gasteiger partial charge < -0.3 is 0 Å². The van der Waals surface area contributed by atoms with E-state index >= 15 is 0 Å². The molecule has 0 bridgehead atoms. The lowest BCUT2D eigenvalue weighted by atomic mass is 10.3. The standard InChI is InChI=1S/C11H6F4N2O/c12-7-1-3-8(4-2-7)17-9(11(13,14)15)5-16-6-10(17)18/h1-6H. The second-order valence-corrected chi connectivity index (χ2v) is 3.44. The van der Waals surface area contributed by atoms with Gasteiger partial charge in [-0.15, -0.1) is 0 Å². The van der Waals surface area contributed by atoms with Crippen molar-refractivity contribution in [2.24, 2.45) is 0 Å². The van der Waals surface area contributed by atoms with Gasteiger partial charge in [0.2, 0.25) is 0 Å². The van der Waals surface area contributed by atoms with E-state index in [1.54, 1.807) is 0 Å². The van der Waals surface area contributed by atoms with Crippen molar-refractivity contribution in [3.63, 3.8) is 0 Å². The van der Waals surface area contributed by atoms with Crippen LogP contribution in [-0.2, 0) is 6.18 Å². The Morgan fingerprint density at radius 2 is 1.67 bits per heavy atom. The van der Waals surface area contributed by atoms with Gasteiger partial charge in [-0.2, -0.15) is 13.2 Å². The van der Waals surface area contributed by atoms with Gasteiger partial charge in [-0.3, -0.25) is 14.3 Å². The zero-order valence-electron chi connectivity index (χ0n) is 8.78. The number of halogens is 4. The predicted octanol–water partition coefficient (Wildman–Crippen LogP) is 2.39. The van der Waals surface area contributed by atoms with E-state index in [-0.39, 0.29) is 5.69 Å². The van der Waals surface area contributed by atoms with Crippen LogP contribution in [-0.4, -0.2) is 9.55 Å². The van der Waals surface area contributed by atoms with Crippen molar-refractivity contribution in [2.75, 3.05) is 0 Å². The molecule has 0 fully saturated rings. The van der Waals surface area contributed by atoms with E-state index in [0.717, 1.165) is 30.5 Å². The molecule has 0 saturated heterocycles. The minimum absolute atomic E-state index is 0.0730. The first kappa shape index (κ1) is 12.3. The summed E-state index contributed by atoms with van der Waals surface area (Å²) in [4.78, 5) is 14.7. The van der Waals surface area contributed by atoms with E-state index in [9.17, 15) is 22.4 Å². The molecule has 2 rings (SSSR count). The van der Waals surface area contributed by atoms with E-state index in [1.807, 2.05) is 0 Å². The summed E-state index contributed by atoms with van der Waals surface area (Å²) < 4.78 is 51.3. The fourth-order valence-corrected chi connectivity index (χ4v) is 1.46. The molecule has 0 amide bonds. The van der Waals surface area contributed by atoms with Crippen LogP contribution in [0.1, 0.15) is 5.69 Å².